The minimum absolute atomic E-state index is 0.0693. The molecular weight excluding hydrogens is 382 g/mol. The third kappa shape index (κ3) is 5.30. The number of rotatable bonds is 6. The molecule has 0 bridgehead atoms. The summed E-state index contributed by atoms with van der Waals surface area (Å²) >= 11 is 0. The van der Waals surface area contributed by atoms with Gasteiger partial charge < -0.3 is 4.74 Å². The second kappa shape index (κ2) is 8.85. The Balaban J connectivity index is 1.87. The summed E-state index contributed by atoms with van der Waals surface area (Å²) in [5.41, 5.74) is 6.88. The number of hydrazine groups is 1. The molecule has 0 aliphatic carbocycles. The largest absolute Gasteiger partial charge is 0.484 e. The molecule has 0 aromatic heterocycles. The molecule has 0 radical (unpaired) electrons. The molecule has 0 aliphatic heterocycles. The second-order valence-corrected chi connectivity index (χ2v) is 8.50. The molecule has 0 spiro atoms. The van der Waals surface area contributed by atoms with Gasteiger partial charge in [0, 0.05) is 19.7 Å². The van der Waals surface area contributed by atoms with Crippen molar-refractivity contribution in [3.05, 3.63) is 59.2 Å². The highest BCUT2D eigenvalue weighted by molar-refractivity contribution is 7.89. The SMILES string of the molecule is Cc1ccc(OCC(=O)NNC(=O)c2ccc(S(=O)(=O)N(C)C)cc2)cc1C. The van der Waals surface area contributed by atoms with Crippen LogP contribution in [0.5, 0.6) is 5.75 Å². The molecule has 0 saturated carbocycles. The average Bonchev–Trinajstić information content (AvgIpc) is 2.67. The van der Waals surface area contributed by atoms with Crippen LogP contribution in [0.2, 0.25) is 0 Å². The summed E-state index contributed by atoms with van der Waals surface area (Å²) in [6, 6.07) is 10.9. The van der Waals surface area contributed by atoms with Crippen molar-refractivity contribution in [3.8, 4) is 5.75 Å². The van der Waals surface area contributed by atoms with Gasteiger partial charge in [0.05, 0.1) is 4.90 Å². The van der Waals surface area contributed by atoms with Crippen molar-refractivity contribution in [1.82, 2.24) is 15.2 Å². The van der Waals surface area contributed by atoms with Gasteiger partial charge in [-0.2, -0.15) is 0 Å². The van der Waals surface area contributed by atoms with Crippen LogP contribution in [-0.2, 0) is 14.8 Å². The van der Waals surface area contributed by atoms with Crippen LogP contribution in [0.15, 0.2) is 47.4 Å². The minimum Gasteiger partial charge on any atom is -0.484 e. The van der Waals surface area contributed by atoms with Gasteiger partial charge in [0.25, 0.3) is 11.8 Å². The van der Waals surface area contributed by atoms with E-state index < -0.39 is 21.8 Å². The van der Waals surface area contributed by atoms with Crippen molar-refractivity contribution < 1.29 is 22.7 Å². The number of nitrogens with zero attached hydrogens (tertiary/aromatic N) is 1. The molecule has 8 nitrogen and oxygen atoms in total. The maximum absolute atomic E-state index is 12.1. The van der Waals surface area contributed by atoms with Crippen molar-refractivity contribution in [1.29, 1.82) is 0 Å². The zero-order valence-corrected chi connectivity index (χ0v) is 17.0. The van der Waals surface area contributed by atoms with E-state index in [0.717, 1.165) is 15.4 Å². The Morgan fingerprint density at radius 3 is 2.18 bits per heavy atom. The monoisotopic (exact) mass is 405 g/mol. The number of nitrogens with one attached hydrogen (secondary N) is 2. The standard InChI is InChI=1S/C19H23N3O5S/c1-13-5-8-16(11-14(13)2)27-12-18(23)20-21-19(24)15-6-9-17(10-7-15)28(25,26)22(3)4/h5-11H,12H2,1-4H3,(H,20,23)(H,21,24). The number of sulfonamides is 1. The normalized spacial score (nSPS) is 11.2. The zero-order chi connectivity index (χ0) is 20.9. The number of amides is 2. The van der Waals surface area contributed by atoms with Crippen molar-refractivity contribution in [2.75, 3.05) is 20.7 Å². The van der Waals surface area contributed by atoms with Crippen molar-refractivity contribution >= 4 is 21.8 Å². The highest BCUT2D eigenvalue weighted by Gasteiger charge is 2.17. The lowest BCUT2D eigenvalue weighted by molar-refractivity contribution is -0.123. The van der Waals surface area contributed by atoms with Crippen LogP contribution in [0, 0.1) is 13.8 Å². The number of carbonyl (C=O) groups excluding carboxylic acids is 2. The summed E-state index contributed by atoms with van der Waals surface area (Å²) in [5.74, 6) is -0.547. The summed E-state index contributed by atoms with van der Waals surface area (Å²) in [6.45, 7) is 3.66. The first kappa shape index (κ1) is 21.4. The number of hydrogen-bond donors (Lipinski definition) is 2. The summed E-state index contributed by atoms with van der Waals surface area (Å²) in [7, 11) is -0.725. The first-order valence-electron chi connectivity index (χ1n) is 8.43. The van der Waals surface area contributed by atoms with Crippen LogP contribution in [0.1, 0.15) is 21.5 Å². The highest BCUT2D eigenvalue weighted by Crippen LogP contribution is 2.16. The van der Waals surface area contributed by atoms with Gasteiger partial charge in [-0.3, -0.25) is 20.4 Å². The number of aryl methyl sites for hydroxylation is 2. The van der Waals surface area contributed by atoms with Gasteiger partial charge in [-0.1, -0.05) is 6.07 Å². The molecule has 150 valence electrons. The molecular formula is C19H23N3O5S. The number of hydrogen-bond acceptors (Lipinski definition) is 5. The summed E-state index contributed by atoms with van der Waals surface area (Å²) in [6.07, 6.45) is 0. The molecule has 0 aliphatic rings. The predicted octanol–water partition coefficient (Wildman–Crippen LogP) is 1.39. The fourth-order valence-corrected chi connectivity index (χ4v) is 3.08. The molecule has 2 aromatic carbocycles. The average molecular weight is 405 g/mol. The Kier molecular flexibility index (Phi) is 6.76. The van der Waals surface area contributed by atoms with E-state index in [4.69, 9.17) is 4.74 Å². The third-order valence-corrected chi connectivity index (χ3v) is 5.89. The number of ether oxygens (including phenoxy) is 1. The Morgan fingerprint density at radius 1 is 0.964 bits per heavy atom. The van der Waals surface area contributed by atoms with Gasteiger partial charge in [-0.05, 0) is 61.4 Å². The lowest BCUT2D eigenvalue weighted by Gasteiger charge is -2.12. The first-order valence-corrected chi connectivity index (χ1v) is 9.87. The van der Waals surface area contributed by atoms with Crippen LogP contribution < -0.4 is 15.6 Å². The molecule has 0 fully saturated rings. The van der Waals surface area contributed by atoms with Gasteiger partial charge in [0.2, 0.25) is 10.0 Å². The molecule has 0 unspecified atom stereocenters. The van der Waals surface area contributed by atoms with Crippen molar-refractivity contribution in [2.24, 2.45) is 0 Å². The lowest BCUT2D eigenvalue weighted by atomic mass is 10.1. The second-order valence-electron chi connectivity index (χ2n) is 6.35. The molecule has 9 heteroatoms. The quantitative estimate of drug-likeness (QED) is 0.707. The highest BCUT2D eigenvalue weighted by atomic mass is 32.2. The van der Waals surface area contributed by atoms with Crippen LogP contribution in [0.25, 0.3) is 0 Å². The maximum Gasteiger partial charge on any atom is 0.276 e. The van der Waals surface area contributed by atoms with Gasteiger partial charge in [-0.15, -0.1) is 0 Å². The van der Waals surface area contributed by atoms with E-state index >= 15 is 0 Å². The Morgan fingerprint density at radius 2 is 1.61 bits per heavy atom. The zero-order valence-electron chi connectivity index (χ0n) is 16.1. The predicted molar refractivity (Wildman–Crippen MR) is 104 cm³/mol. The minimum atomic E-state index is -3.57. The van der Waals surface area contributed by atoms with E-state index in [2.05, 4.69) is 10.9 Å². The maximum atomic E-state index is 12.1. The smallest absolute Gasteiger partial charge is 0.276 e. The molecule has 0 heterocycles. The van der Waals surface area contributed by atoms with E-state index in [-0.39, 0.29) is 17.1 Å². The van der Waals surface area contributed by atoms with E-state index in [1.54, 1.807) is 6.07 Å². The summed E-state index contributed by atoms with van der Waals surface area (Å²) < 4.78 is 30.5. The third-order valence-electron chi connectivity index (χ3n) is 4.06. The summed E-state index contributed by atoms with van der Waals surface area (Å²) in [4.78, 5) is 24.0. The first-order chi connectivity index (χ1) is 13.1. The fourth-order valence-electron chi connectivity index (χ4n) is 2.18. The molecule has 2 N–H and O–H groups in total. The van der Waals surface area contributed by atoms with E-state index in [1.807, 2.05) is 26.0 Å². The Hall–Kier alpha value is -2.91. The molecule has 0 saturated heterocycles. The molecule has 2 aromatic rings. The molecule has 2 rings (SSSR count). The van der Waals surface area contributed by atoms with Crippen LogP contribution >= 0.6 is 0 Å². The topological polar surface area (TPSA) is 105 Å². The molecule has 2 amide bonds. The van der Waals surface area contributed by atoms with Crippen molar-refractivity contribution in [2.45, 2.75) is 18.7 Å². The van der Waals surface area contributed by atoms with E-state index in [9.17, 15) is 18.0 Å². The van der Waals surface area contributed by atoms with Gasteiger partial charge in [0.1, 0.15) is 5.75 Å². The van der Waals surface area contributed by atoms with E-state index in [1.165, 1.54) is 38.4 Å². The lowest BCUT2D eigenvalue weighted by Crippen LogP contribution is -2.43. The van der Waals surface area contributed by atoms with Gasteiger partial charge in [0.15, 0.2) is 6.61 Å². The molecule has 28 heavy (non-hydrogen) atoms. The van der Waals surface area contributed by atoms with Gasteiger partial charge in [-0.25, -0.2) is 12.7 Å². The fraction of sp³-hybridized carbons (Fsp3) is 0.263. The van der Waals surface area contributed by atoms with E-state index in [0.29, 0.717) is 5.75 Å². The number of carbonyl (C=O) groups is 2. The Labute approximate surface area is 164 Å². The van der Waals surface area contributed by atoms with Crippen LogP contribution in [-0.4, -0.2) is 45.2 Å². The van der Waals surface area contributed by atoms with Gasteiger partial charge >= 0.3 is 0 Å². The van der Waals surface area contributed by atoms with Crippen LogP contribution in [0.4, 0.5) is 0 Å². The Bertz CT molecular complexity index is 970. The number of benzene rings is 2. The van der Waals surface area contributed by atoms with Crippen LogP contribution in [0.3, 0.4) is 0 Å². The summed E-state index contributed by atoms with van der Waals surface area (Å²) in [5, 5.41) is 0. The van der Waals surface area contributed by atoms with Crippen molar-refractivity contribution in [3.63, 3.8) is 0 Å². The molecule has 0 atom stereocenters.